The van der Waals surface area contributed by atoms with Crippen LogP contribution < -0.4 is 4.90 Å². The molecule has 0 saturated carbocycles. The minimum atomic E-state index is -4.59. The molecule has 11 heteroatoms. The van der Waals surface area contributed by atoms with Gasteiger partial charge in [0.05, 0.1) is 15.2 Å². The van der Waals surface area contributed by atoms with Crippen molar-refractivity contribution in [1.29, 1.82) is 0 Å². The van der Waals surface area contributed by atoms with Gasteiger partial charge in [0, 0.05) is 48.2 Å². The molecule has 0 saturated heterocycles. The number of aliphatic hydroxyl groups excluding tert-OH is 1. The van der Waals surface area contributed by atoms with Crippen LogP contribution in [0.5, 0.6) is 0 Å². The average molecular weight is 600 g/mol. The fourth-order valence-corrected chi connectivity index (χ4v) is 6.81. The minimum absolute atomic E-state index is 0.0187. The fourth-order valence-electron chi connectivity index (χ4n) is 5.82. The van der Waals surface area contributed by atoms with Gasteiger partial charge in [0.25, 0.3) is 0 Å². The molecule has 0 aromatic heterocycles. The Labute approximate surface area is 242 Å². The van der Waals surface area contributed by atoms with Crippen LogP contribution in [0.1, 0.15) is 51.7 Å². The number of rotatable bonds is 8. The lowest BCUT2D eigenvalue weighted by molar-refractivity contribution is -0.401. The van der Waals surface area contributed by atoms with Crippen molar-refractivity contribution in [3.05, 3.63) is 83.1 Å². The molecular weight excluding hydrogens is 564 g/mol. The summed E-state index contributed by atoms with van der Waals surface area (Å²) in [5.74, 6) is 0. The van der Waals surface area contributed by atoms with E-state index in [0.717, 1.165) is 39.5 Å². The molecule has 9 nitrogen and oxygen atoms in total. The van der Waals surface area contributed by atoms with Crippen molar-refractivity contribution in [2.24, 2.45) is 0 Å². The number of aliphatic hydroxyl groups is 1. The van der Waals surface area contributed by atoms with Gasteiger partial charge in [-0.05, 0) is 74.2 Å². The molecule has 2 aliphatic rings. The van der Waals surface area contributed by atoms with Crippen LogP contribution in [-0.2, 0) is 31.1 Å². The summed E-state index contributed by atoms with van der Waals surface area (Å²) in [5.41, 5.74) is 4.73. The monoisotopic (exact) mass is 599 g/mol. The van der Waals surface area contributed by atoms with Crippen molar-refractivity contribution in [3.63, 3.8) is 0 Å². The van der Waals surface area contributed by atoms with Crippen LogP contribution in [0.2, 0.25) is 0 Å². The first-order chi connectivity index (χ1) is 18.9. The van der Waals surface area contributed by atoms with Gasteiger partial charge in [-0.3, -0.25) is 0 Å². The maximum atomic E-state index is 11.6. The molecule has 0 amide bonds. The van der Waals surface area contributed by atoms with Gasteiger partial charge in [-0.15, -0.1) is 0 Å². The molecule has 0 aliphatic carbocycles. The van der Waals surface area contributed by atoms with E-state index in [1.807, 2.05) is 75.6 Å². The summed E-state index contributed by atoms with van der Waals surface area (Å²) in [4.78, 5) is 1.45. The predicted molar refractivity (Wildman–Crippen MR) is 156 cm³/mol. The molecule has 0 spiro atoms. The van der Waals surface area contributed by atoms with E-state index in [2.05, 4.69) is 0 Å². The smallest absolute Gasteiger partial charge is 0.209 e. The summed E-state index contributed by atoms with van der Waals surface area (Å²) in [6.07, 6.45) is 9.01. The molecular formula is C30H35N2O7S2-. The first-order valence-electron chi connectivity index (χ1n) is 13.2. The molecule has 0 fully saturated rings. The van der Waals surface area contributed by atoms with Crippen LogP contribution >= 0.6 is 0 Å². The van der Waals surface area contributed by atoms with Crippen LogP contribution in [0.4, 0.5) is 11.4 Å². The van der Waals surface area contributed by atoms with Gasteiger partial charge in [-0.25, -0.2) is 16.8 Å². The second-order valence-electron chi connectivity index (χ2n) is 11.5. The lowest BCUT2D eigenvalue weighted by Crippen LogP contribution is -2.26. The summed E-state index contributed by atoms with van der Waals surface area (Å²) in [6, 6.07) is 8.84. The molecule has 2 aromatic carbocycles. The van der Waals surface area contributed by atoms with Gasteiger partial charge in [0.2, 0.25) is 5.69 Å². The summed E-state index contributed by atoms with van der Waals surface area (Å²) >= 11 is 0. The van der Waals surface area contributed by atoms with E-state index in [1.165, 1.54) is 24.3 Å². The number of benzene rings is 2. The van der Waals surface area contributed by atoms with E-state index >= 15 is 0 Å². The molecule has 2 heterocycles. The zero-order chi connectivity index (χ0) is 30.5. The Kier molecular flexibility index (Phi) is 8.00. The molecule has 220 valence electrons. The van der Waals surface area contributed by atoms with E-state index in [0.29, 0.717) is 12.8 Å². The molecule has 4 rings (SSSR count). The van der Waals surface area contributed by atoms with Gasteiger partial charge in [0.15, 0.2) is 5.71 Å². The number of nitrogens with zero attached hydrogens (tertiary/aromatic N) is 2. The number of hydrogen-bond acceptors (Lipinski definition) is 8. The van der Waals surface area contributed by atoms with Crippen LogP contribution in [0, 0.1) is 0 Å². The number of fused-ring (bicyclic) bond motifs is 2. The van der Waals surface area contributed by atoms with Crippen LogP contribution in [0.25, 0.3) is 0 Å². The zero-order valence-corrected chi connectivity index (χ0v) is 25.6. The Balaban J connectivity index is 1.71. The van der Waals surface area contributed by atoms with E-state index in [9.17, 15) is 31.0 Å². The fraction of sp³-hybridized carbons (Fsp3) is 0.367. The molecule has 0 unspecified atom stereocenters. The van der Waals surface area contributed by atoms with Gasteiger partial charge in [0.1, 0.15) is 27.3 Å². The second kappa shape index (κ2) is 10.6. The average Bonchev–Trinajstić information content (AvgIpc) is 3.19. The van der Waals surface area contributed by atoms with Crippen molar-refractivity contribution in [2.75, 3.05) is 25.6 Å². The van der Waals surface area contributed by atoms with Crippen molar-refractivity contribution in [3.8, 4) is 0 Å². The summed E-state index contributed by atoms with van der Waals surface area (Å²) < 4.78 is 71.8. The quantitative estimate of drug-likeness (QED) is 0.272. The first kappa shape index (κ1) is 30.9. The Bertz CT molecular complexity index is 1750. The van der Waals surface area contributed by atoms with Crippen molar-refractivity contribution in [2.45, 2.75) is 61.2 Å². The van der Waals surface area contributed by atoms with Gasteiger partial charge in [-0.2, -0.15) is 4.58 Å². The number of likely N-dealkylation sites (N-methyl/N-ethyl adjacent to an activating group) is 1. The predicted octanol–water partition coefficient (Wildman–Crippen LogP) is 4.07. The SMILES string of the molecule is CN1/C(=C/C=C(/C=C/C2=[N+](C)c3ccc(S(=O)(=O)[O-])cc3C2(C)C)CCCO)C(C)(C)c2cc(S(=O)(=O)[O-])ccc21. The van der Waals surface area contributed by atoms with E-state index in [1.54, 1.807) is 12.1 Å². The largest absolute Gasteiger partial charge is 0.744 e. The molecule has 1 N–H and O–H groups in total. The highest BCUT2D eigenvalue weighted by atomic mass is 32.2. The van der Waals surface area contributed by atoms with Gasteiger partial charge >= 0.3 is 0 Å². The highest BCUT2D eigenvalue weighted by Gasteiger charge is 2.43. The topological polar surface area (TPSA) is 141 Å². The second-order valence-corrected chi connectivity index (χ2v) is 14.2. The lowest BCUT2D eigenvalue weighted by Gasteiger charge is -2.24. The molecule has 0 bridgehead atoms. The third kappa shape index (κ3) is 5.69. The van der Waals surface area contributed by atoms with Gasteiger partial charge < -0.3 is 19.1 Å². The van der Waals surface area contributed by atoms with Crippen LogP contribution in [0.3, 0.4) is 0 Å². The maximum absolute atomic E-state index is 11.6. The normalized spacial score (nSPS) is 19.4. The Morgan fingerprint density at radius 1 is 0.951 bits per heavy atom. The summed E-state index contributed by atoms with van der Waals surface area (Å²) in [5, 5.41) is 9.51. The summed E-state index contributed by atoms with van der Waals surface area (Å²) in [6.45, 7) is 7.90. The van der Waals surface area contributed by atoms with Crippen LogP contribution in [-0.4, -0.2) is 62.0 Å². The van der Waals surface area contributed by atoms with E-state index in [-0.39, 0.29) is 16.4 Å². The molecule has 0 atom stereocenters. The van der Waals surface area contributed by atoms with Crippen molar-refractivity contribution < 1.29 is 35.6 Å². The molecule has 2 aliphatic heterocycles. The number of hydrogen-bond donors (Lipinski definition) is 1. The number of allylic oxidation sites excluding steroid dienone is 6. The van der Waals surface area contributed by atoms with E-state index < -0.39 is 31.1 Å². The lowest BCUT2D eigenvalue weighted by atomic mass is 9.81. The van der Waals surface area contributed by atoms with Crippen molar-refractivity contribution in [1.82, 2.24) is 0 Å². The van der Waals surface area contributed by atoms with E-state index in [4.69, 9.17) is 0 Å². The molecule has 2 aromatic rings. The zero-order valence-electron chi connectivity index (χ0n) is 24.0. The summed E-state index contributed by atoms with van der Waals surface area (Å²) in [7, 11) is -5.40. The molecule has 0 radical (unpaired) electrons. The maximum Gasteiger partial charge on any atom is 0.209 e. The molecule has 41 heavy (non-hydrogen) atoms. The highest BCUT2D eigenvalue weighted by Crippen LogP contribution is 2.47. The minimum Gasteiger partial charge on any atom is -0.744 e. The Morgan fingerprint density at radius 3 is 2.12 bits per heavy atom. The standard InChI is InChI=1S/C30H36N2O7S2/c1-29(2)23-18-21(40(34,35)36)11-13-25(23)31(5)27(29)15-9-20(8-7-17-33)10-16-28-30(3,4)24-19-22(41(37,38)39)12-14-26(24)32(28)6/h9-16,18-19,33H,7-8,17H2,1-6H3,(H-,34,35,36,37,38,39)/p-1. The van der Waals surface area contributed by atoms with Crippen LogP contribution in [0.15, 0.2) is 81.8 Å². The third-order valence-corrected chi connectivity index (χ3v) is 9.78. The Morgan fingerprint density at radius 2 is 1.54 bits per heavy atom. The highest BCUT2D eigenvalue weighted by molar-refractivity contribution is 7.86. The number of anilines is 1. The first-order valence-corrected chi connectivity index (χ1v) is 16.0. The van der Waals surface area contributed by atoms with Gasteiger partial charge in [-0.1, -0.05) is 26.0 Å². The van der Waals surface area contributed by atoms with Crippen molar-refractivity contribution >= 4 is 37.3 Å². The Hall–Kier alpha value is -3.09. The third-order valence-electron chi connectivity index (χ3n) is 8.12.